The third kappa shape index (κ3) is 4.13. The lowest BCUT2D eigenvalue weighted by Gasteiger charge is -2.10. The van der Waals surface area contributed by atoms with E-state index < -0.39 is 0 Å². The van der Waals surface area contributed by atoms with Crippen LogP contribution in [-0.4, -0.2) is 19.9 Å². The van der Waals surface area contributed by atoms with Crippen LogP contribution < -0.4 is 0 Å². The summed E-state index contributed by atoms with van der Waals surface area (Å²) >= 11 is 0. The van der Waals surface area contributed by atoms with Crippen LogP contribution in [0.4, 0.5) is 0 Å². The third-order valence-corrected chi connectivity index (χ3v) is 7.23. The van der Waals surface area contributed by atoms with Gasteiger partial charge in [-0.15, -0.1) is 0 Å². The molecule has 0 aliphatic carbocycles. The Bertz CT molecular complexity index is 1430. The predicted octanol–water partition coefficient (Wildman–Crippen LogP) is 9.15. The van der Waals surface area contributed by atoms with Crippen molar-refractivity contribution in [2.75, 3.05) is 0 Å². The highest BCUT2D eigenvalue weighted by Crippen LogP contribution is 2.34. The zero-order valence-corrected chi connectivity index (χ0v) is 22.8. The highest BCUT2D eigenvalue weighted by Gasteiger charge is 2.20. The van der Waals surface area contributed by atoms with Crippen LogP contribution in [0.5, 0.6) is 0 Å². The Labute approximate surface area is 214 Å². The molecule has 3 aromatic heterocycles. The lowest BCUT2D eigenvalue weighted by molar-refractivity contribution is 0.840. The van der Waals surface area contributed by atoms with Crippen LogP contribution in [0, 0.1) is 0 Å². The minimum atomic E-state index is 0.303. The summed E-state index contributed by atoms with van der Waals surface area (Å²) < 4.78 is 0. The Kier molecular flexibility index (Phi) is 6.23. The first-order chi connectivity index (χ1) is 17.2. The summed E-state index contributed by atoms with van der Waals surface area (Å²) in [5.41, 5.74) is 13.6. The van der Waals surface area contributed by atoms with Gasteiger partial charge in [0, 0.05) is 44.3 Å². The van der Waals surface area contributed by atoms with Crippen LogP contribution in [0.25, 0.3) is 46.4 Å². The minimum absolute atomic E-state index is 0.303. The molecule has 0 spiro atoms. The number of nitrogens with zero attached hydrogens (tertiary/aromatic N) is 2. The maximum Gasteiger partial charge on any atom is 0.0693 e. The average Bonchev–Trinajstić information content (AvgIpc) is 3.57. The van der Waals surface area contributed by atoms with E-state index in [1.54, 1.807) is 0 Å². The van der Waals surface area contributed by atoms with Gasteiger partial charge in [0.25, 0.3) is 0 Å². The van der Waals surface area contributed by atoms with Gasteiger partial charge in [-0.05, 0) is 72.2 Å². The molecule has 4 heteroatoms. The minimum Gasteiger partial charge on any atom is -0.355 e. The van der Waals surface area contributed by atoms with E-state index in [4.69, 9.17) is 9.97 Å². The zero-order chi connectivity index (χ0) is 25.7. The maximum atomic E-state index is 5.18. The summed E-state index contributed by atoms with van der Waals surface area (Å²) in [4.78, 5) is 17.9. The highest BCUT2D eigenvalue weighted by atomic mass is 14.8. The van der Waals surface area contributed by atoms with Crippen molar-refractivity contribution in [2.24, 2.45) is 0 Å². The van der Waals surface area contributed by atoms with Crippen molar-refractivity contribution < 1.29 is 0 Å². The molecule has 3 aromatic rings. The lowest BCUT2D eigenvalue weighted by Crippen LogP contribution is -1.98. The summed E-state index contributed by atoms with van der Waals surface area (Å²) in [6, 6.07) is 8.87. The number of hydrogen-bond donors (Lipinski definition) is 2. The van der Waals surface area contributed by atoms with E-state index in [0.717, 1.165) is 44.8 Å². The molecular weight excluding hydrogens is 440 g/mol. The summed E-state index contributed by atoms with van der Waals surface area (Å²) in [6.45, 7) is 18.0. The fourth-order valence-corrected chi connectivity index (χ4v) is 5.72. The van der Waals surface area contributed by atoms with Crippen molar-refractivity contribution in [1.29, 1.82) is 0 Å². The van der Waals surface area contributed by atoms with Crippen molar-refractivity contribution in [3.8, 4) is 0 Å². The summed E-state index contributed by atoms with van der Waals surface area (Å²) in [5, 5.41) is 0. The van der Waals surface area contributed by atoms with Gasteiger partial charge in [0.2, 0.25) is 0 Å². The van der Waals surface area contributed by atoms with E-state index in [2.05, 4.69) is 114 Å². The molecule has 0 aromatic carbocycles. The molecule has 2 aliphatic rings. The average molecular weight is 479 g/mol. The maximum absolute atomic E-state index is 5.18. The number of hydrogen-bond acceptors (Lipinski definition) is 2. The van der Waals surface area contributed by atoms with Gasteiger partial charge in [0.1, 0.15) is 0 Å². The molecule has 2 aliphatic heterocycles. The first-order valence-electron chi connectivity index (χ1n) is 13.3. The molecule has 186 valence electrons. The highest BCUT2D eigenvalue weighted by molar-refractivity contribution is 5.84. The normalized spacial score (nSPS) is 13.2. The van der Waals surface area contributed by atoms with Gasteiger partial charge in [0.05, 0.1) is 22.8 Å². The second-order valence-corrected chi connectivity index (χ2v) is 11.3. The second-order valence-electron chi connectivity index (χ2n) is 11.3. The van der Waals surface area contributed by atoms with Gasteiger partial charge in [-0.2, -0.15) is 0 Å². The third-order valence-electron chi connectivity index (χ3n) is 7.23. The van der Waals surface area contributed by atoms with E-state index in [1.165, 1.54) is 22.3 Å². The Morgan fingerprint density at radius 1 is 0.417 bits per heavy atom. The molecule has 0 radical (unpaired) electrons. The Morgan fingerprint density at radius 2 is 0.694 bits per heavy atom. The van der Waals surface area contributed by atoms with Crippen LogP contribution in [-0.2, 0) is 0 Å². The molecule has 0 atom stereocenters. The topological polar surface area (TPSA) is 57.4 Å². The van der Waals surface area contributed by atoms with Crippen molar-refractivity contribution in [3.63, 3.8) is 0 Å². The Hall–Kier alpha value is -3.40. The fourth-order valence-electron chi connectivity index (χ4n) is 5.72. The smallest absolute Gasteiger partial charge is 0.0693 e. The van der Waals surface area contributed by atoms with Gasteiger partial charge in [0.15, 0.2) is 0 Å². The number of nitrogens with one attached hydrogen (secondary N) is 2. The quantitative estimate of drug-likeness (QED) is 0.270. The Balaban J connectivity index is 2.03. The van der Waals surface area contributed by atoms with Crippen LogP contribution in [0.3, 0.4) is 0 Å². The predicted molar refractivity (Wildman–Crippen MR) is 155 cm³/mol. The number of H-pyrrole nitrogens is 2. The zero-order valence-electron chi connectivity index (χ0n) is 22.8. The molecule has 0 amide bonds. The lowest BCUT2D eigenvalue weighted by atomic mass is 9.99. The number of aromatic nitrogens is 4. The second kappa shape index (κ2) is 9.24. The van der Waals surface area contributed by atoms with E-state index in [1.807, 2.05) is 0 Å². The van der Waals surface area contributed by atoms with Crippen LogP contribution in [0.15, 0.2) is 24.3 Å². The van der Waals surface area contributed by atoms with Crippen LogP contribution in [0.1, 0.15) is 124 Å². The molecule has 8 bridgehead atoms. The molecule has 0 unspecified atom stereocenters. The van der Waals surface area contributed by atoms with E-state index in [-0.39, 0.29) is 0 Å². The molecule has 5 heterocycles. The molecular formula is C32H38N4. The van der Waals surface area contributed by atoms with Crippen molar-refractivity contribution in [3.05, 3.63) is 69.3 Å². The monoisotopic (exact) mass is 478 g/mol. The molecule has 4 nitrogen and oxygen atoms in total. The van der Waals surface area contributed by atoms with E-state index >= 15 is 0 Å². The number of aromatic amines is 2. The van der Waals surface area contributed by atoms with Gasteiger partial charge in [-0.25, -0.2) is 9.97 Å². The summed E-state index contributed by atoms with van der Waals surface area (Å²) in [6.07, 6.45) is 8.67. The van der Waals surface area contributed by atoms with E-state index in [0.29, 0.717) is 23.7 Å². The summed E-state index contributed by atoms with van der Waals surface area (Å²) in [5.74, 6) is 1.30. The van der Waals surface area contributed by atoms with Crippen LogP contribution >= 0.6 is 0 Å². The van der Waals surface area contributed by atoms with Gasteiger partial charge >= 0.3 is 0 Å². The fraction of sp³-hybridized carbons (Fsp3) is 0.375. The SMILES string of the molecule is CC(C)c1c2nc(c(C(C)C)c3ccc([nH]3)c(C(C)C)c3ccc([nH]3)c(C(C)C)c3nc1C=C3)C=C2. The largest absolute Gasteiger partial charge is 0.355 e. The summed E-state index contributed by atoms with van der Waals surface area (Å²) in [7, 11) is 0. The molecule has 36 heavy (non-hydrogen) atoms. The Morgan fingerprint density at radius 3 is 1.00 bits per heavy atom. The molecule has 0 saturated heterocycles. The van der Waals surface area contributed by atoms with Crippen molar-refractivity contribution in [2.45, 2.75) is 79.1 Å². The standard InChI is InChI=1S/C32H38N4/c1-17(2)29-21-9-11-23(33-21)30(18(3)4)25-13-15-27(35-25)32(20(7)8)28-16-14-26(36-28)31(19(5)6)24-12-10-22(29)34-24/h9-20,33-34H,1-8H3. The van der Waals surface area contributed by atoms with Crippen molar-refractivity contribution in [1.82, 2.24) is 19.9 Å². The number of fused-ring (bicyclic) bond motifs is 8. The number of rotatable bonds is 4. The molecule has 5 rings (SSSR count). The molecule has 0 saturated carbocycles. The van der Waals surface area contributed by atoms with Crippen molar-refractivity contribution >= 4 is 46.4 Å². The molecule has 0 fully saturated rings. The van der Waals surface area contributed by atoms with E-state index in [9.17, 15) is 0 Å². The van der Waals surface area contributed by atoms with Gasteiger partial charge in [-0.3, -0.25) is 0 Å². The molecule has 2 N–H and O–H groups in total. The first-order valence-corrected chi connectivity index (χ1v) is 13.3. The first kappa shape index (κ1) is 24.3. The van der Waals surface area contributed by atoms with Gasteiger partial charge < -0.3 is 9.97 Å². The van der Waals surface area contributed by atoms with Crippen LogP contribution in [0.2, 0.25) is 0 Å². The van der Waals surface area contributed by atoms with Gasteiger partial charge in [-0.1, -0.05) is 55.4 Å².